The molecule has 3 atom stereocenters. The van der Waals surface area contributed by atoms with Crippen LogP contribution < -0.4 is 5.32 Å². The lowest BCUT2D eigenvalue weighted by Crippen LogP contribution is -2.44. The average molecular weight is 336 g/mol. The van der Waals surface area contributed by atoms with Crippen molar-refractivity contribution in [1.82, 2.24) is 10.2 Å². The first kappa shape index (κ1) is 18.7. The summed E-state index contributed by atoms with van der Waals surface area (Å²) >= 11 is 0. The minimum Gasteiger partial charge on any atom is -0.393 e. The van der Waals surface area contributed by atoms with Crippen molar-refractivity contribution in [2.75, 3.05) is 13.1 Å². The Morgan fingerprint density at radius 3 is 2.83 bits per heavy atom. The molecule has 24 heavy (non-hydrogen) atoms. The van der Waals surface area contributed by atoms with Gasteiger partial charge < -0.3 is 15.3 Å². The number of aliphatic hydroxyl groups is 1. The van der Waals surface area contributed by atoms with Gasteiger partial charge in [-0.2, -0.15) is 0 Å². The molecule has 0 radical (unpaired) electrons. The Balaban J connectivity index is 2.04. The molecule has 1 fully saturated rings. The molecule has 1 aromatic carbocycles. The van der Waals surface area contributed by atoms with E-state index in [1.807, 2.05) is 19.9 Å². The molecule has 1 aliphatic rings. The van der Waals surface area contributed by atoms with E-state index in [9.17, 15) is 14.3 Å². The Hall–Kier alpha value is -1.62. The summed E-state index contributed by atoms with van der Waals surface area (Å²) in [7, 11) is 0. The number of aliphatic hydroxyl groups excluding tert-OH is 1. The fourth-order valence-corrected chi connectivity index (χ4v) is 3.59. The maximum Gasteiger partial charge on any atom is 0.317 e. The predicted octanol–water partition coefficient (Wildman–Crippen LogP) is 3.72. The van der Waals surface area contributed by atoms with Gasteiger partial charge >= 0.3 is 6.03 Å². The van der Waals surface area contributed by atoms with E-state index in [2.05, 4.69) is 12.2 Å². The molecule has 4 nitrogen and oxygen atoms in total. The van der Waals surface area contributed by atoms with Crippen molar-refractivity contribution in [3.63, 3.8) is 0 Å². The second-order valence-electron chi connectivity index (χ2n) is 7.94. The van der Waals surface area contributed by atoms with Crippen LogP contribution >= 0.6 is 0 Å². The van der Waals surface area contributed by atoms with Crippen LogP contribution in [0.5, 0.6) is 0 Å². The van der Waals surface area contributed by atoms with Gasteiger partial charge in [-0.1, -0.05) is 32.9 Å². The summed E-state index contributed by atoms with van der Waals surface area (Å²) in [5.41, 5.74) is 0.668. The Kier molecular flexibility index (Phi) is 5.86. The number of hydrogen-bond donors (Lipinski definition) is 2. The van der Waals surface area contributed by atoms with Crippen LogP contribution in [0.3, 0.4) is 0 Å². The van der Waals surface area contributed by atoms with Gasteiger partial charge in [-0.25, -0.2) is 9.18 Å². The molecule has 0 bridgehead atoms. The van der Waals surface area contributed by atoms with Crippen LogP contribution in [0, 0.1) is 17.2 Å². The zero-order valence-corrected chi connectivity index (χ0v) is 15.1. The van der Waals surface area contributed by atoms with E-state index in [0.29, 0.717) is 25.4 Å². The van der Waals surface area contributed by atoms with Crippen molar-refractivity contribution in [1.29, 1.82) is 0 Å². The Morgan fingerprint density at radius 2 is 2.21 bits per heavy atom. The molecule has 2 rings (SSSR count). The molecule has 1 aliphatic heterocycles. The van der Waals surface area contributed by atoms with Gasteiger partial charge in [0.25, 0.3) is 0 Å². The van der Waals surface area contributed by atoms with Crippen LogP contribution in [0.1, 0.15) is 52.1 Å². The highest BCUT2D eigenvalue weighted by Crippen LogP contribution is 2.35. The lowest BCUT2D eigenvalue weighted by Gasteiger charge is -2.30. The summed E-state index contributed by atoms with van der Waals surface area (Å²) in [6.07, 6.45) is 1.06. The van der Waals surface area contributed by atoms with Gasteiger partial charge in [0, 0.05) is 13.1 Å². The molecule has 5 heteroatoms. The second kappa shape index (κ2) is 7.51. The van der Waals surface area contributed by atoms with Crippen molar-refractivity contribution in [3.8, 4) is 0 Å². The number of carbonyl (C=O) groups is 1. The summed E-state index contributed by atoms with van der Waals surface area (Å²) in [5.74, 6) is 0.111. The van der Waals surface area contributed by atoms with Crippen molar-refractivity contribution >= 4 is 6.03 Å². The van der Waals surface area contributed by atoms with Gasteiger partial charge in [-0.3, -0.25) is 0 Å². The van der Waals surface area contributed by atoms with E-state index in [1.165, 1.54) is 12.1 Å². The number of rotatable bonds is 5. The van der Waals surface area contributed by atoms with E-state index in [-0.39, 0.29) is 23.3 Å². The maximum absolute atomic E-state index is 13.5. The SMILES string of the molecule is CC(O)CC(C)(C)CNC(=O)N1CC(C)CC1c1cccc(F)c1. The molecule has 0 aromatic heterocycles. The molecule has 2 N–H and O–H groups in total. The highest BCUT2D eigenvalue weighted by atomic mass is 19.1. The number of nitrogens with one attached hydrogen (secondary N) is 1. The molecular formula is C19H29FN2O2. The van der Waals surface area contributed by atoms with Crippen LogP contribution in [-0.4, -0.2) is 35.2 Å². The average Bonchev–Trinajstić information content (AvgIpc) is 2.86. The monoisotopic (exact) mass is 336 g/mol. The van der Waals surface area contributed by atoms with E-state index < -0.39 is 6.10 Å². The minimum absolute atomic E-state index is 0.0874. The predicted molar refractivity (Wildman–Crippen MR) is 93.1 cm³/mol. The topological polar surface area (TPSA) is 52.6 Å². The largest absolute Gasteiger partial charge is 0.393 e. The Morgan fingerprint density at radius 1 is 1.50 bits per heavy atom. The van der Waals surface area contributed by atoms with Crippen LogP contribution in [0.25, 0.3) is 0 Å². The number of nitrogens with zero attached hydrogens (tertiary/aromatic N) is 1. The number of urea groups is 1. The highest BCUT2D eigenvalue weighted by molar-refractivity contribution is 5.75. The number of hydrogen-bond acceptors (Lipinski definition) is 2. The standard InChI is InChI=1S/C19H29FN2O2/c1-13-8-17(15-6-5-7-16(20)9-15)22(11-13)18(24)21-12-19(3,4)10-14(2)23/h5-7,9,13-14,17,23H,8,10-12H2,1-4H3,(H,21,24). The van der Waals surface area contributed by atoms with Gasteiger partial charge in [-0.15, -0.1) is 0 Å². The van der Waals surface area contributed by atoms with Gasteiger partial charge in [-0.05, 0) is 48.8 Å². The number of benzene rings is 1. The summed E-state index contributed by atoms with van der Waals surface area (Å²) in [6, 6.07) is 6.30. The Labute approximate surface area is 144 Å². The second-order valence-corrected chi connectivity index (χ2v) is 7.94. The molecule has 2 amide bonds. The Bertz CT molecular complexity index is 574. The molecule has 1 saturated heterocycles. The summed E-state index contributed by atoms with van der Waals surface area (Å²) in [5, 5.41) is 12.5. The minimum atomic E-state index is -0.399. The third kappa shape index (κ3) is 4.94. The third-order valence-corrected chi connectivity index (χ3v) is 4.57. The maximum atomic E-state index is 13.5. The van der Waals surface area contributed by atoms with Gasteiger partial charge in [0.15, 0.2) is 0 Å². The zero-order valence-electron chi connectivity index (χ0n) is 15.1. The summed E-state index contributed by atoms with van der Waals surface area (Å²) in [4.78, 5) is 14.5. The first-order valence-corrected chi connectivity index (χ1v) is 8.66. The summed E-state index contributed by atoms with van der Waals surface area (Å²) < 4.78 is 13.5. The quantitative estimate of drug-likeness (QED) is 0.861. The van der Waals surface area contributed by atoms with Crippen molar-refractivity contribution in [3.05, 3.63) is 35.6 Å². The van der Waals surface area contributed by atoms with Gasteiger partial charge in [0.1, 0.15) is 5.82 Å². The van der Waals surface area contributed by atoms with Gasteiger partial charge in [0.05, 0.1) is 12.1 Å². The first-order chi connectivity index (χ1) is 11.2. The molecule has 1 aromatic rings. The molecular weight excluding hydrogens is 307 g/mol. The fraction of sp³-hybridized carbons (Fsp3) is 0.632. The summed E-state index contributed by atoms with van der Waals surface area (Å²) in [6.45, 7) is 9.08. The molecule has 0 saturated carbocycles. The lowest BCUT2D eigenvalue weighted by atomic mass is 9.87. The number of halogens is 1. The molecule has 1 heterocycles. The highest BCUT2D eigenvalue weighted by Gasteiger charge is 2.34. The van der Waals surface area contributed by atoms with E-state index in [1.54, 1.807) is 17.9 Å². The van der Waals surface area contributed by atoms with Crippen molar-refractivity contribution < 1.29 is 14.3 Å². The lowest BCUT2D eigenvalue weighted by molar-refractivity contribution is 0.126. The molecule has 0 aliphatic carbocycles. The molecule has 3 unspecified atom stereocenters. The van der Waals surface area contributed by atoms with E-state index >= 15 is 0 Å². The van der Waals surface area contributed by atoms with Crippen LogP contribution in [0.4, 0.5) is 9.18 Å². The van der Waals surface area contributed by atoms with Crippen molar-refractivity contribution in [2.45, 2.75) is 52.7 Å². The van der Waals surface area contributed by atoms with Crippen LogP contribution in [0.2, 0.25) is 0 Å². The smallest absolute Gasteiger partial charge is 0.317 e. The normalized spacial score (nSPS) is 22.5. The number of carbonyl (C=O) groups excluding carboxylic acids is 1. The van der Waals surface area contributed by atoms with Crippen LogP contribution in [0.15, 0.2) is 24.3 Å². The third-order valence-electron chi connectivity index (χ3n) is 4.57. The number of amides is 2. The molecule has 134 valence electrons. The fourth-order valence-electron chi connectivity index (χ4n) is 3.59. The van der Waals surface area contributed by atoms with Crippen molar-refractivity contribution in [2.24, 2.45) is 11.3 Å². The van der Waals surface area contributed by atoms with E-state index in [4.69, 9.17) is 0 Å². The first-order valence-electron chi connectivity index (χ1n) is 8.66. The van der Waals surface area contributed by atoms with Crippen LogP contribution in [-0.2, 0) is 0 Å². The zero-order chi connectivity index (χ0) is 17.9. The van der Waals surface area contributed by atoms with E-state index in [0.717, 1.165) is 12.0 Å². The molecule has 0 spiro atoms. The number of likely N-dealkylation sites (tertiary alicyclic amines) is 1. The van der Waals surface area contributed by atoms with Gasteiger partial charge in [0.2, 0.25) is 0 Å².